The number of fused-ring (bicyclic) bond motifs is 1. The Labute approximate surface area is 168 Å². The van der Waals surface area contributed by atoms with Crippen LogP contribution in [0.15, 0.2) is 47.3 Å². The van der Waals surface area contributed by atoms with Gasteiger partial charge in [-0.05, 0) is 37.1 Å². The van der Waals surface area contributed by atoms with E-state index in [1.165, 1.54) is 9.58 Å². The minimum Gasteiger partial charge on any atom is -0.336 e. The summed E-state index contributed by atoms with van der Waals surface area (Å²) < 4.78 is 1.17. The number of carbonyl (C=O) groups is 2. The summed E-state index contributed by atoms with van der Waals surface area (Å²) in [6, 6.07) is 12.7. The molecular formula is C21H23N5O3. The van der Waals surface area contributed by atoms with Crippen molar-refractivity contribution in [1.82, 2.24) is 19.9 Å². The monoisotopic (exact) mass is 393 g/mol. The quantitative estimate of drug-likeness (QED) is 0.690. The molecule has 0 bridgehead atoms. The number of rotatable bonds is 6. The largest absolute Gasteiger partial charge is 0.336 e. The number of carbonyl (C=O) groups excluding carboxylic acids is 2. The van der Waals surface area contributed by atoms with Crippen molar-refractivity contribution in [3.63, 3.8) is 0 Å². The van der Waals surface area contributed by atoms with E-state index in [4.69, 9.17) is 0 Å². The molecule has 1 aromatic heterocycles. The summed E-state index contributed by atoms with van der Waals surface area (Å²) in [4.78, 5) is 38.5. The molecule has 0 saturated carbocycles. The van der Waals surface area contributed by atoms with Gasteiger partial charge in [0.25, 0.3) is 5.56 Å². The van der Waals surface area contributed by atoms with Crippen LogP contribution in [0.2, 0.25) is 0 Å². The lowest BCUT2D eigenvalue weighted by Gasteiger charge is -2.18. The van der Waals surface area contributed by atoms with E-state index >= 15 is 0 Å². The normalized spacial score (nSPS) is 10.7. The van der Waals surface area contributed by atoms with Gasteiger partial charge in [0, 0.05) is 19.2 Å². The van der Waals surface area contributed by atoms with Crippen molar-refractivity contribution in [3.05, 3.63) is 63.9 Å². The zero-order valence-corrected chi connectivity index (χ0v) is 16.7. The third-order valence-corrected chi connectivity index (χ3v) is 4.72. The highest BCUT2D eigenvalue weighted by molar-refractivity contribution is 5.95. The molecule has 2 aromatic carbocycles. The number of aryl methyl sites for hydroxylation is 3. The van der Waals surface area contributed by atoms with Crippen LogP contribution in [0.25, 0.3) is 10.9 Å². The predicted molar refractivity (Wildman–Crippen MR) is 111 cm³/mol. The number of nitrogens with one attached hydrogen (secondary N) is 1. The fourth-order valence-electron chi connectivity index (χ4n) is 3.06. The van der Waals surface area contributed by atoms with Crippen molar-refractivity contribution in [3.8, 4) is 0 Å². The molecule has 1 N–H and O–H groups in total. The summed E-state index contributed by atoms with van der Waals surface area (Å²) in [5, 5.41) is 11.2. The molecule has 29 heavy (non-hydrogen) atoms. The van der Waals surface area contributed by atoms with Gasteiger partial charge in [0.2, 0.25) is 11.8 Å². The average Bonchev–Trinajstić information content (AvgIpc) is 2.70. The van der Waals surface area contributed by atoms with E-state index in [-0.39, 0.29) is 36.9 Å². The Bertz CT molecular complexity index is 1100. The number of anilines is 1. The molecular weight excluding hydrogens is 370 g/mol. The SMILES string of the molecule is Cc1cccc(C)c1NC(=O)CN(C)C(=O)CCn1nnc2ccccc2c1=O. The summed E-state index contributed by atoms with van der Waals surface area (Å²) in [5.74, 6) is -0.538. The number of hydrogen-bond donors (Lipinski definition) is 1. The number of amides is 2. The molecule has 150 valence electrons. The van der Waals surface area contributed by atoms with Crippen LogP contribution in [0, 0.1) is 13.8 Å². The second-order valence-electron chi connectivity index (χ2n) is 6.95. The molecule has 0 aliphatic carbocycles. The standard InChI is InChI=1S/C21H23N5O3/c1-14-7-6-8-15(2)20(14)22-18(27)13-25(3)19(28)11-12-26-21(29)16-9-4-5-10-17(16)23-24-26/h4-10H,11-13H2,1-3H3,(H,22,27). The van der Waals surface area contributed by atoms with Crippen LogP contribution in [0.1, 0.15) is 17.5 Å². The predicted octanol–water partition coefficient (Wildman–Crippen LogP) is 1.90. The lowest BCUT2D eigenvalue weighted by Crippen LogP contribution is -2.36. The maximum absolute atomic E-state index is 12.4. The van der Waals surface area contributed by atoms with Crippen molar-refractivity contribution in [1.29, 1.82) is 0 Å². The zero-order valence-electron chi connectivity index (χ0n) is 16.7. The molecule has 0 fully saturated rings. The van der Waals surface area contributed by atoms with Gasteiger partial charge < -0.3 is 10.2 Å². The molecule has 8 heteroatoms. The summed E-state index contributed by atoms with van der Waals surface area (Å²) in [6.07, 6.45) is 0.0418. The van der Waals surface area contributed by atoms with Crippen LogP contribution in [0.5, 0.6) is 0 Å². The Morgan fingerprint density at radius 2 is 1.76 bits per heavy atom. The van der Waals surface area contributed by atoms with Gasteiger partial charge >= 0.3 is 0 Å². The molecule has 0 aliphatic rings. The van der Waals surface area contributed by atoms with E-state index in [2.05, 4.69) is 15.6 Å². The first-order valence-electron chi connectivity index (χ1n) is 9.29. The highest BCUT2D eigenvalue weighted by Crippen LogP contribution is 2.19. The van der Waals surface area contributed by atoms with E-state index in [0.717, 1.165) is 16.8 Å². The Kier molecular flexibility index (Phi) is 6.01. The van der Waals surface area contributed by atoms with Gasteiger partial charge in [-0.25, -0.2) is 4.68 Å². The molecule has 0 spiro atoms. The Morgan fingerprint density at radius 3 is 2.48 bits per heavy atom. The van der Waals surface area contributed by atoms with Crippen molar-refractivity contribution in [2.75, 3.05) is 18.9 Å². The number of nitrogens with zero attached hydrogens (tertiary/aromatic N) is 4. The summed E-state index contributed by atoms with van der Waals surface area (Å²) in [6.45, 7) is 3.85. The van der Waals surface area contributed by atoms with Crippen molar-refractivity contribution < 1.29 is 9.59 Å². The Morgan fingerprint density at radius 1 is 1.07 bits per heavy atom. The van der Waals surface area contributed by atoms with E-state index in [0.29, 0.717) is 10.9 Å². The second-order valence-corrected chi connectivity index (χ2v) is 6.95. The van der Waals surface area contributed by atoms with Gasteiger partial charge in [-0.1, -0.05) is 35.5 Å². The minimum absolute atomic E-state index is 0.0418. The highest BCUT2D eigenvalue weighted by Gasteiger charge is 2.15. The molecule has 1 heterocycles. The fraction of sp³-hybridized carbons (Fsp3) is 0.286. The number of likely N-dealkylation sites (N-methyl/N-ethyl adjacent to an activating group) is 1. The number of aromatic nitrogens is 3. The van der Waals surface area contributed by atoms with Gasteiger partial charge in [-0.2, -0.15) is 0 Å². The third kappa shape index (κ3) is 4.66. The lowest BCUT2D eigenvalue weighted by atomic mass is 10.1. The number of para-hydroxylation sites is 1. The molecule has 3 rings (SSSR count). The van der Waals surface area contributed by atoms with Crippen LogP contribution in [-0.4, -0.2) is 45.3 Å². The van der Waals surface area contributed by atoms with Crippen LogP contribution >= 0.6 is 0 Å². The molecule has 8 nitrogen and oxygen atoms in total. The van der Waals surface area contributed by atoms with E-state index in [9.17, 15) is 14.4 Å². The molecule has 0 atom stereocenters. The fourth-order valence-corrected chi connectivity index (χ4v) is 3.06. The van der Waals surface area contributed by atoms with E-state index in [1.807, 2.05) is 32.0 Å². The first kappa shape index (κ1) is 20.2. The first-order chi connectivity index (χ1) is 13.9. The molecule has 2 amide bonds. The second kappa shape index (κ2) is 8.64. The van der Waals surface area contributed by atoms with Gasteiger partial charge in [0.1, 0.15) is 5.52 Å². The smallest absolute Gasteiger partial charge is 0.277 e. The minimum atomic E-state index is -0.293. The molecule has 3 aromatic rings. The van der Waals surface area contributed by atoms with E-state index < -0.39 is 0 Å². The Hall–Kier alpha value is -3.55. The third-order valence-electron chi connectivity index (χ3n) is 4.72. The van der Waals surface area contributed by atoms with Crippen molar-refractivity contribution >= 4 is 28.4 Å². The van der Waals surface area contributed by atoms with Gasteiger partial charge in [-0.15, -0.1) is 5.10 Å². The molecule has 0 unspecified atom stereocenters. The van der Waals surface area contributed by atoms with Gasteiger partial charge in [0.15, 0.2) is 0 Å². The van der Waals surface area contributed by atoms with Crippen molar-refractivity contribution in [2.45, 2.75) is 26.8 Å². The summed E-state index contributed by atoms with van der Waals surface area (Å²) in [5.41, 5.74) is 2.90. The molecule has 0 radical (unpaired) electrons. The zero-order chi connectivity index (χ0) is 21.0. The van der Waals surface area contributed by atoms with Crippen LogP contribution in [-0.2, 0) is 16.1 Å². The summed E-state index contributed by atoms with van der Waals surface area (Å²) in [7, 11) is 1.56. The maximum atomic E-state index is 12.4. The van der Waals surface area contributed by atoms with Crippen molar-refractivity contribution in [2.24, 2.45) is 0 Å². The summed E-state index contributed by atoms with van der Waals surface area (Å²) >= 11 is 0. The number of hydrogen-bond acceptors (Lipinski definition) is 5. The molecule has 0 saturated heterocycles. The maximum Gasteiger partial charge on any atom is 0.277 e. The van der Waals surface area contributed by atoms with Gasteiger partial charge in [0.05, 0.1) is 18.5 Å². The van der Waals surface area contributed by atoms with Crippen LogP contribution in [0.3, 0.4) is 0 Å². The topological polar surface area (TPSA) is 97.2 Å². The molecule has 0 aliphatic heterocycles. The van der Waals surface area contributed by atoms with Gasteiger partial charge in [-0.3, -0.25) is 14.4 Å². The Balaban J connectivity index is 1.59. The lowest BCUT2D eigenvalue weighted by molar-refractivity contribution is -0.133. The highest BCUT2D eigenvalue weighted by atomic mass is 16.2. The van der Waals surface area contributed by atoms with Crippen LogP contribution in [0.4, 0.5) is 5.69 Å². The first-order valence-corrected chi connectivity index (χ1v) is 9.29. The number of benzene rings is 2. The van der Waals surface area contributed by atoms with E-state index in [1.54, 1.807) is 31.3 Å². The average molecular weight is 393 g/mol. The van der Waals surface area contributed by atoms with Crippen LogP contribution < -0.4 is 10.9 Å².